The molecular formula is C23H25NO3. The van der Waals surface area contributed by atoms with Crippen LogP contribution in [0.2, 0.25) is 0 Å². The van der Waals surface area contributed by atoms with Crippen LogP contribution in [0.25, 0.3) is 0 Å². The van der Waals surface area contributed by atoms with Crippen LogP contribution in [0.5, 0.6) is 0 Å². The van der Waals surface area contributed by atoms with Crippen LogP contribution in [-0.4, -0.2) is 24.5 Å². The lowest BCUT2D eigenvalue weighted by Gasteiger charge is -2.22. The van der Waals surface area contributed by atoms with E-state index < -0.39 is 5.41 Å². The van der Waals surface area contributed by atoms with Gasteiger partial charge in [0.1, 0.15) is 5.78 Å². The maximum atomic E-state index is 12.7. The Kier molecular flexibility index (Phi) is 5.54. The van der Waals surface area contributed by atoms with E-state index in [2.05, 4.69) is 0 Å². The summed E-state index contributed by atoms with van der Waals surface area (Å²) < 4.78 is 0. The van der Waals surface area contributed by atoms with Gasteiger partial charge in [-0.3, -0.25) is 14.4 Å². The summed E-state index contributed by atoms with van der Waals surface area (Å²) in [6.45, 7) is 1.86. The Morgan fingerprint density at radius 3 is 2.30 bits per heavy atom. The molecule has 0 bridgehead atoms. The van der Waals surface area contributed by atoms with Crippen molar-refractivity contribution in [1.82, 2.24) is 0 Å². The number of hydrogen-bond donors (Lipinski definition) is 0. The number of hydrogen-bond acceptors (Lipinski definition) is 3. The smallest absolute Gasteiger partial charge is 0.237 e. The topological polar surface area (TPSA) is 54.5 Å². The standard InChI is InChI=1S/C23H25NO3/c1-23(19-13-7-8-14-20(19)24(2)22(23)27)16-18(25)12-6-9-15-21(26)17-10-4-3-5-11-17/h3-5,7-8,10-11,13-14H,6,9,12,15-16H2,1-2H3. The van der Waals surface area contributed by atoms with Crippen LogP contribution in [0, 0.1) is 0 Å². The molecule has 0 saturated heterocycles. The minimum Gasteiger partial charge on any atom is -0.314 e. The maximum absolute atomic E-state index is 12.7. The van der Waals surface area contributed by atoms with Gasteiger partial charge in [0.15, 0.2) is 5.78 Å². The zero-order chi connectivity index (χ0) is 19.4. The van der Waals surface area contributed by atoms with E-state index in [4.69, 9.17) is 0 Å². The fourth-order valence-electron chi connectivity index (χ4n) is 3.86. The van der Waals surface area contributed by atoms with Crippen molar-refractivity contribution >= 4 is 23.2 Å². The highest BCUT2D eigenvalue weighted by molar-refractivity contribution is 6.09. The number of fused-ring (bicyclic) bond motifs is 1. The van der Waals surface area contributed by atoms with E-state index in [9.17, 15) is 14.4 Å². The van der Waals surface area contributed by atoms with E-state index >= 15 is 0 Å². The zero-order valence-electron chi connectivity index (χ0n) is 15.9. The Morgan fingerprint density at radius 2 is 1.56 bits per heavy atom. The molecule has 0 fully saturated rings. The monoisotopic (exact) mass is 363 g/mol. The molecule has 2 aromatic carbocycles. The Morgan fingerprint density at radius 1 is 0.926 bits per heavy atom. The predicted octanol–water partition coefficient (Wildman–Crippen LogP) is 4.32. The average molecular weight is 363 g/mol. The molecule has 0 spiro atoms. The van der Waals surface area contributed by atoms with Crippen molar-refractivity contribution in [2.75, 3.05) is 11.9 Å². The minimum absolute atomic E-state index is 0.0312. The quantitative estimate of drug-likeness (QED) is 0.518. The number of anilines is 1. The third kappa shape index (κ3) is 3.85. The number of nitrogens with zero attached hydrogens (tertiary/aromatic N) is 1. The molecule has 3 rings (SSSR count). The van der Waals surface area contributed by atoms with Gasteiger partial charge in [0.2, 0.25) is 5.91 Å². The van der Waals surface area contributed by atoms with Gasteiger partial charge in [-0.2, -0.15) is 0 Å². The molecule has 0 saturated carbocycles. The molecule has 0 aliphatic carbocycles. The van der Waals surface area contributed by atoms with E-state index in [0.717, 1.165) is 11.3 Å². The van der Waals surface area contributed by atoms with E-state index in [-0.39, 0.29) is 23.9 Å². The minimum atomic E-state index is -0.789. The molecule has 140 valence electrons. The number of likely N-dealkylation sites (N-methyl/N-ethyl adjacent to an activating group) is 1. The third-order valence-corrected chi connectivity index (χ3v) is 5.39. The molecule has 1 amide bonds. The second-order valence-electron chi connectivity index (χ2n) is 7.43. The second kappa shape index (κ2) is 7.87. The average Bonchev–Trinajstić information content (AvgIpc) is 2.87. The molecule has 4 nitrogen and oxygen atoms in total. The van der Waals surface area contributed by atoms with Gasteiger partial charge in [0.05, 0.1) is 5.41 Å². The molecular weight excluding hydrogens is 338 g/mol. The summed E-state index contributed by atoms with van der Waals surface area (Å²) in [7, 11) is 1.76. The first kappa shape index (κ1) is 19.0. The molecule has 27 heavy (non-hydrogen) atoms. The summed E-state index contributed by atoms with van der Waals surface area (Å²) in [6.07, 6.45) is 2.40. The molecule has 1 atom stereocenters. The highest BCUT2D eigenvalue weighted by Crippen LogP contribution is 2.43. The van der Waals surface area contributed by atoms with Crippen LogP contribution in [0.4, 0.5) is 5.69 Å². The summed E-state index contributed by atoms with van der Waals surface area (Å²) in [5.41, 5.74) is 1.73. The van der Waals surface area contributed by atoms with Crippen molar-refractivity contribution in [3.05, 3.63) is 65.7 Å². The number of unbranched alkanes of at least 4 members (excludes halogenated alkanes) is 1. The molecule has 4 heteroatoms. The van der Waals surface area contributed by atoms with Crippen molar-refractivity contribution in [1.29, 1.82) is 0 Å². The molecule has 1 aliphatic rings. The predicted molar refractivity (Wildman–Crippen MR) is 106 cm³/mol. The van der Waals surface area contributed by atoms with Crippen molar-refractivity contribution in [3.8, 4) is 0 Å². The number of Topliss-reactive ketones (excluding diaryl/α,β-unsaturated/α-hetero) is 2. The first-order valence-corrected chi connectivity index (χ1v) is 9.41. The normalized spacial score (nSPS) is 18.4. The first-order valence-electron chi connectivity index (χ1n) is 9.41. The van der Waals surface area contributed by atoms with Crippen molar-refractivity contribution in [3.63, 3.8) is 0 Å². The van der Waals surface area contributed by atoms with Gasteiger partial charge in [-0.15, -0.1) is 0 Å². The van der Waals surface area contributed by atoms with Gasteiger partial charge in [-0.05, 0) is 31.4 Å². The lowest BCUT2D eigenvalue weighted by molar-refractivity contribution is -0.128. The van der Waals surface area contributed by atoms with Crippen LogP contribution in [-0.2, 0) is 15.0 Å². The molecule has 0 radical (unpaired) electrons. The number of ketones is 2. The first-order chi connectivity index (χ1) is 12.9. The Bertz CT molecular complexity index is 859. The van der Waals surface area contributed by atoms with E-state index in [1.54, 1.807) is 11.9 Å². The van der Waals surface area contributed by atoms with Crippen LogP contribution >= 0.6 is 0 Å². The highest BCUT2D eigenvalue weighted by atomic mass is 16.2. The Balaban J connectivity index is 1.52. The van der Waals surface area contributed by atoms with Gasteiger partial charge < -0.3 is 4.90 Å². The molecule has 1 aliphatic heterocycles. The fourth-order valence-corrected chi connectivity index (χ4v) is 3.86. The lowest BCUT2D eigenvalue weighted by Crippen LogP contribution is -2.37. The molecule has 2 aromatic rings. The zero-order valence-corrected chi connectivity index (χ0v) is 15.9. The van der Waals surface area contributed by atoms with Gasteiger partial charge in [-0.25, -0.2) is 0 Å². The SMILES string of the molecule is CN1C(=O)C(C)(CC(=O)CCCCC(=O)c2ccccc2)c2ccccc21. The van der Waals surface area contributed by atoms with Crippen LogP contribution < -0.4 is 4.90 Å². The fraction of sp³-hybridized carbons (Fsp3) is 0.348. The summed E-state index contributed by atoms with van der Waals surface area (Å²) in [6, 6.07) is 16.9. The molecule has 0 N–H and O–H groups in total. The second-order valence-corrected chi connectivity index (χ2v) is 7.43. The van der Waals surface area contributed by atoms with Crippen LogP contribution in [0.3, 0.4) is 0 Å². The molecule has 0 aromatic heterocycles. The lowest BCUT2D eigenvalue weighted by atomic mass is 9.78. The number of amides is 1. The van der Waals surface area contributed by atoms with Gasteiger partial charge >= 0.3 is 0 Å². The van der Waals surface area contributed by atoms with E-state index in [1.807, 2.05) is 61.5 Å². The van der Waals surface area contributed by atoms with Crippen molar-refractivity contribution in [2.24, 2.45) is 0 Å². The summed E-state index contributed by atoms with van der Waals surface area (Å²) >= 11 is 0. The number of carbonyl (C=O) groups is 3. The van der Waals surface area contributed by atoms with E-state index in [0.29, 0.717) is 31.2 Å². The number of rotatable bonds is 8. The number of carbonyl (C=O) groups excluding carboxylic acids is 3. The Labute approximate surface area is 160 Å². The molecule has 1 unspecified atom stereocenters. The van der Waals surface area contributed by atoms with Gasteiger partial charge in [0, 0.05) is 37.6 Å². The van der Waals surface area contributed by atoms with Crippen LogP contribution in [0.15, 0.2) is 54.6 Å². The summed E-state index contributed by atoms with van der Waals surface area (Å²) in [5.74, 6) is 0.149. The number of benzene rings is 2. The number of para-hydroxylation sites is 1. The van der Waals surface area contributed by atoms with Gasteiger partial charge in [-0.1, -0.05) is 48.5 Å². The summed E-state index contributed by atoms with van der Waals surface area (Å²) in [5, 5.41) is 0. The molecule has 1 heterocycles. The largest absolute Gasteiger partial charge is 0.314 e. The third-order valence-electron chi connectivity index (χ3n) is 5.39. The maximum Gasteiger partial charge on any atom is 0.237 e. The van der Waals surface area contributed by atoms with Crippen LogP contribution in [0.1, 0.15) is 54.9 Å². The van der Waals surface area contributed by atoms with Gasteiger partial charge in [0.25, 0.3) is 0 Å². The summed E-state index contributed by atoms with van der Waals surface area (Å²) in [4.78, 5) is 39.0. The van der Waals surface area contributed by atoms with Crippen molar-refractivity contribution < 1.29 is 14.4 Å². The Hall–Kier alpha value is -2.75. The van der Waals surface area contributed by atoms with Crippen molar-refractivity contribution in [2.45, 2.75) is 44.4 Å². The highest BCUT2D eigenvalue weighted by Gasteiger charge is 2.46. The van der Waals surface area contributed by atoms with E-state index in [1.165, 1.54) is 0 Å².